The Morgan fingerprint density at radius 3 is 2.60 bits per heavy atom. The van der Waals surface area contributed by atoms with Crippen LogP contribution in [0.4, 0.5) is 29.1 Å². The predicted octanol–water partition coefficient (Wildman–Crippen LogP) is 5.02. The molecular formula is C24H24F4N4O3. The molecular weight excluding hydrogens is 468 g/mol. The fourth-order valence-corrected chi connectivity index (χ4v) is 3.81. The van der Waals surface area contributed by atoms with E-state index in [1.165, 1.54) is 7.11 Å². The van der Waals surface area contributed by atoms with Gasteiger partial charge in [-0.2, -0.15) is 13.2 Å². The smallest absolute Gasteiger partial charge is 0.419 e. The molecule has 3 aromatic rings. The second-order valence-electron chi connectivity index (χ2n) is 8.09. The molecule has 4 rings (SSSR count). The summed E-state index contributed by atoms with van der Waals surface area (Å²) < 4.78 is 71.1. The van der Waals surface area contributed by atoms with E-state index in [0.29, 0.717) is 53.3 Å². The first-order valence-corrected chi connectivity index (χ1v) is 10.8. The molecule has 0 spiro atoms. The largest absolute Gasteiger partial charge is 0.493 e. The molecule has 1 aliphatic rings. The number of nitrogen functional groups attached to an aromatic ring is 1. The van der Waals surface area contributed by atoms with Crippen molar-refractivity contribution in [2.45, 2.75) is 32.7 Å². The molecule has 0 bridgehead atoms. The fourth-order valence-electron chi connectivity index (χ4n) is 3.81. The van der Waals surface area contributed by atoms with Gasteiger partial charge in [0, 0.05) is 29.2 Å². The summed E-state index contributed by atoms with van der Waals surface area (Å²) in [5.74, 6) is 0.184. The summed E-state index contributed by atoms with van der Waals surface area (Å²) in [6, 6.07) is 5.09. The maximum atomic E-state index is 14.6. The number of nitrogens with two attached hydrogens (primary N) is 1. The van der Waals surface area contributed by atoms with Gasteiger partial charge in [0.05, 0.1) is 31.4 Å². The quantitative estimate of drug-likeness (QED) is 0.272. The molecule has 1 atom stereocenters. The van der Waals surface area contributed by atoms with Gasteiger partial charge >= 0.3 is 6.18 Å². The zero-order valence-corrected chi connectivity index (χ0v) is 19.3. The maximum absolute atomic E-state index is 14.6. The summed E-state index contributed by atoms with van der Waals surface area (Å²) in [5, 5.41) is 3.45. The van der Waals surface area contributed by atoms with Crippen LogP contribution in [0.1, 0.15) is 23.9 Å². The van der Waals surface area contributed by atoms with Gasteiger partial charge in [-0.15, -0.1) is 0 Å². The number of aromatic nitrogens is 2. The molecule has 1 unspecified atom stereocenters. The lowest BCUT2D eigenvalue weighted by Gasteiger charge is -2.19. The first kappa shape index (κ1) is 24.5. The molecule has 11 heteroatoms. The van der Waals surface area contributed by atoms with Gasteiger partial charge in [-0.05, 0) is 37.6 Å². The van der Waals surface area contributed by atoms with Gasteiger partial charge in [-0.25, -0.2) is 14.4 Å². The number of halogens is 4. The molecule has 3 N–H and O–H groups in total. The van der Waals surface area contributed by atoms with Crippen LogP contribution < -0.4 is 20.5 Å². The van der Waals surface area contributed by atoms with Crippen LogP contribution in [-0.2, 0) is 17.5 Å². The number of methoxy groups -OCH3 is 1. The number of hydrogen-bond donors (Lipinski definition) is 2. The average Bonchev–Trinajstić information content (AvgIpc) is 3.33. The highest BCUT2D eigenvalue weighted by atomic mass is 19.4. The summed E-state index contributed by atoms with van der Waals surface area (Å²) in [4.78, 5) is 8.78. The Labute approximate surface area is 198 Å². The molecule has 0 saturated heterocycles. The highest BCUT2D eigenvalue weighted by Gasteiger charge is 2.35. The van der Waals surface area contributed by atoms with E-state index in [9.17, 15) is 17.6 Å². The highest BCUT2D eigenvalue weighted by molar-refractivity contribution is 5.91. The Morgan fingerprint density at radius 1 is 1.17 bits per heavy atom. The molecule has 7 nitrogen and oxygen atoms in total. The third kappa shape index (κ3) is 5.24. The number of anilines is 2. The standard InChI is InChI=1S/C24H24F4N4O3/c1-12(14-4-5-34-11-14)35-21-8-17-19(9-20(21)33-3)31-13(2)32-23(17)30-10-15-6-16(29)7-18(22(15)25)24(26,27)28/h4,6-9,12H,5,10-11,29H2,1-3H3,(H,30,31,32). The minimum Gasteiger partial charge on any atom is -0.493 e. The van der Waals surface area contributed by atoms with Gasteiger partial charge in [0.15, 0.2) is 11.5 Å². The number of fused-ring (bicyclic) bond motifs is 1. The van der Waals surface area contributed by atoms with Crippen molar-refractivity contribution < 1.29 is 31.8 Å². The van der Waals surface area contributed by atoms with Crippen molar-refractivity contribution in [2.24, 2.45) is 0 Å². The van der Waals surface area contributed by atoms with E-state index in [1.54, 1.807) is 19.1 Å². The zero-order valence-electron chi connectivity index (χ0n) is 19.3. The summed E-state index contributed by atoms with van der Waals surface area (Å²) in [7, 11) is 1.50. The monoisotopic (exact) mass is 492 g/mol. The van der Waals surface area contributed by atoms with Crippen molar-refractivity contribution in [3.8, 4) is 11.5 Å². The number of nitrogens with one attached hydrogen (secondary N) is 1. The Hall–Kier alpha value is -3.60. The number of ether oxygens (including phenoxy) is 3. The zero-order chi connectivity index (χ0) is 25.3. The molecule has 0 fully saturated rings. The van der Waals surface area contributed by atoms with Crippen LogP contribution >= 0.6 is 0 Å². The molecule has 1 aliphatic heterocycles. The van der Waals surface area contributed by atoms with Crippen LogP contribution in [0.3, 0.4) is 0 Å². The summed E-state index contributed by atoms with van der Waals surface area (Å²) in [6.07, 6.45) is -3.20. The number of benzene rings is 2. The lowest BCUT2D eigenvalue weighted by molar-refractivity contribution is -0.140. The SMILES string of the molecule is COc1cc2nc(C)nc(NCc3cc(N)cc(C(F)(F)F)c3F)c2cc1OC(C)C1=CCOC1. The Morgan fingerprint density at radius 2 is 1.94 bits per heavy atom. The summed E-state index contributed by atoms with van der Waals surface area (Å²) in [6.45, 7) is 4.26. The summed E-state index contributed by atoms with van der Waals surface area (Å²) in [5.41, 5.74) is 5.25. The molecule has 0 radical (unpaired) electrons. The maximum Gasteiger partial charge on any atom is 0.419 e. The highest BCUT2D eigenvalue weighted by Crippen LogP contribution is 2.37. The second kappa shape index (κ2) is 9.57. The molecule has 1 aromatic heterocycles. The van der Waals surface area contributed by atoms with E-state index in [4.69, 9.17) is 19.9 Å². The number of hydrogen-bond acceptors (Lipinski definition) is 7. The lowest BCUT2D eigenvalue weighted by Crippen LogP contribution is -2.16. The summed E-state index contributed by atoms with van der Waals surface area (Å²) >= 11 is 0. The predicted molar refractivity (Wildman–Crippen MR) is 123 cm³/mol. The van der Waals surface area contributed by atoms with E-state index in [2.05, 4.69) is 15.3 Å². The molecule has 35 heavy (non-hydrogen) atoms. The van der Waals surface area contributed by atoms with E-state index < -0.39 is 17.6 Å². The van der Waals surface area contributed by atoms with E-state index in [-0.39, 0.29) is 23.9 Å². The van der Waals surface area contributed by atoms with Crippen LogP contribution in [0.25, 0.3) is 10.9 Å². The van der Waals surface area contributed by atoms with Gasteiger partial charge in [-0.1, -0.05) is 6.08 Å². The molecule has 0 saturated carbocycles. The molecule has 0 amide bonds. The first-order valence-electron chi connectivity index (χ1n) is 10.8. The Balaban J connectivity index is 1.69. The van der Waals surface area contributed by atoms with Crippen molar-refractivity contribution >= 4 is 22.4 Å². The lowest BCUT2D eigenvalue weighted by atomic mass is 10.1. The van der Waals surface area contributed by atoms with Crippen molar-refractivity contribution in [1.82, 2.24) is 9.97 Å². The molecule has 186 valence electrons. The van der Waals surface area contributed by atoms with E-state index in [0.717, 1.165) is 11.6 Å². The van der Waals surface area contributed by atoms with Crippen LogP contribution in [0.5, 0.6) is 11.5 Å². The van der Waals surface area contributed by atoms with Gasteiger partial charge in [0.2, 0.25) is 0 Å². The van der Waals surface area contributed by atoms with Gasteiger partial charge in [0.25, 0.3) is 0 Å². The number of aryl methyl sites for hydroxylation is 1. The third-order valence-electron chi connectivity index (χ3n) is 5.57. The van der Waals surface area contributed by atoms with E-state index >= 15 is 0 Å². The first-order chi connectivity index (χ1) is 16.6. The van der Waals surface area contributed by atoms with Crippen LogP contribution in [0.15, 0.2) is 35.9 Å². The van der Waals surface area contributed by atoms with Gasteiger partial charge in [-0.3, -0.25) is 0 Å². The Kier molecular flexibility index (Phi) is 6.70. The topological polar surface area (TPSA) is 91.5 Å². The number of rotatable bonds is 7. The minimum atomic E-state index is -4.87. The van der Waals surface area contributed by atoms with Crippen molar-refractivity contribution in [2.75, 3.05) is 31.4 Å². The fraction of sp³-hybridized carbons (Fsp3) is 0.333. The third-order valence-corrected chi connectivity index (χ3v) is 5.57. The van der Waals surface area contributed by atoms with Crippen LogP contribution in [-0.4, -0.2) is 36.4 Å². The van der Waals surface area contributed by atoms with Crippen molar-refractivity contribution in [3.05, 3.63) is 58.7 Å². The number of alkyl halides is 3. The second-order valence-corrected chi connectivity index (χ2v) is 8.09. The molecule has 2 heterocycles. The van der Waals surface area contributed by atoms with Gasteiger partial charge < -0.3 is 25.3 Å². The van der Waals surface area contributed by atoms with Crippen molar-refractivity contribution in [3.63, 3.8) is 0 Å². The minimum absolute atomic E-state index is 0.196. The normalized spacial score (nSPS) is 14.7. The van der Waals surface area contributed by atoms with Gasteiger partial charge in [0.1, 0.15) is 23.6 Å². The molecule has 0 aliphatic carbocycles. The van der Waals surface area contributed by atoms with Crippen LogP contribution in [0.2, 0.25) is 0 Å². The Bertz CT molecular complexity index is 1290. The average molecular weight is 492 g/mol. The van der Waals surface area contributed by atoms with E-state index in [1.807, 2.05) is 13.0 Å². The van der Waals surface area contributed by atoms with Crippen LogP contribution in [0, 0.1) is 12.7 Å². The number of nitrogens with zero attached hydrogens (tertiary/aromatic N) is 2. The molecule has 2 aromatic carbocycles. The van der Waals surface area contributed by atoms with Crippen molar-refractivity contribution in [1.29, 1.82) is 0 Å².